The van der Waals surface area contributed by atoms with E-state index < -0.39 is 11.8 Å². The summed E-state index contributed by atoms with van der Waals surface area (Å²) in [6, 6.07) is 27.1. The molecule has 3 amide bonds. The van der Waals surface area contributed by atoms with Crippen molar-refractivity contribution < 1.29 is 23.9 Å². The lowest BCUT2D eigenvalue weighted by Gasteiger charge is -2.18. The van der Waals surface area contributed by atoms with Crippen molar-refractivity contribution in [2.24, 2.45) is 0 Å². The zero-order chi connectivity index (χ0) is 32.3. The van der Waals surface area contributed by atoms with Gasteiger partial charge in [-0.2, -0.15) is 0 Å². The second-order valence-corrected chi connectivity index (χ2v) is 11.5. The molecule has 9 heteroatoms. The molecule has 0 fully saturated rings. The second-order valence-electron chi connectivity index (χ2n) is 10.2. The number of anilines is 2. The van der Waals surface area contributed by atoms with Gasteiger partial charge in [0, 0.05) is 27.4 Å². The molecule has 0 spiro atoms. The van der Waals surface area contributed by atoms with Crippen LogP contribution in [0.2, 0.25) is 0 Å². The lowest BCUT2D eigenvalue weighted by Crippen LogP contribution is -2.30. The molecule has 1 unspecified atom stereocenters. The highest BCUT2D eigenvalue weighted by atomic mass is 32.2. The monoisotopic (exact) mass is 623 g/mol. The molecular formula is C36H37N3O5S. The fourth-order valence-electron chi connectivity index (χ4n) is 4.67. The zero-order valence-corrected chi connectivity index (χ0v) is 26.8. The van der Waals surface area contributed by atoms with Gasteiger partial charge in [0.1, 0.15) is 5.70 Å². The number of thioether (sulfide) groups is 1. The lowest BCUT2D eigenvalue weighted by atomic mass is 10.1. The van der Waals surface area contributed by atoms with E-state index in [1.54, 1.807) is 60.7 Å². The molecule has 0 aliphatic heterocycles. The van der Waals surface area contributed by atoms with Crippen LogP contribution in [0.15, 0.2) is 102 Å². The third kappa shape index (κ3) is 8.55. The van der Waals surface area contributed by atoms with Gasteiger partial charge in [0.15, 0.2) is 11.5 Å². The molecular weight excluding hydrogens is 586 g/mol. The van der Waals surface area contributed by atoms with Gasteiger partial charge in [-0.05, 0) is 73.9 Å². The Balaban J connectivity index is 1.57. The molecule has 0 aliphatic carbocycles. The third-order valence-electron chi connectivity index (χ3n) is 7.02. The minimum atomic E-state index is -0.536. The summed E-state index contributed by atoms with van der Waals surface area (Å²) in [7, 11) is 3.03. The summed E-state index contributed by atoms with van der Waals surface area (Å²) >= 11 is 1.42. The number of methoxy groups -OCH3 is 2. The standard InChI is InChI=1S/C36H37N3O5S/c1-6-31(36(42)39-32-23(2)13-10-14-24(32)3)45-28-19-12-18-27(22-28)37-35(41)29(38-34(40)25-15-8-7-9-16-25)21-26-17-11-20-30(43-4)33(26)44-5/h7-22,31H,6H2,1-5H3,(H,37,41)(H,38,40)(H,39,42)/b29-21+. The van der Waals surface area contributed by atoms with E-state index in [4.69, 9.17) is 9.47 Å². The Bertz CT molecular complexity index is 1680. The van der Waals surface area contributed by atoms with Crippen LogP contribution in [-0.2, 0) is 9.59 Å². The van der Waals surface area contributed by atoms with Crippen LogP contribution in [0.1, 0.15) is 40.4 Å². The number of ether oxygens (including phenoxy) is 2. The van der Waals surface area contributed by atoms with Gasteiger partial charge in [0.25, 0.3) is 11.8 Å². The first-order valence-corrected chi connectivity index (χ1v) is 15.4. The molecule has 4 aromatic carbocycles. The van der Waals surface area contributed by atoms with Crippen molar-refractivity contribution >= 4 is 46.9 Å². The maximum absolute atomic E-state index is 13.7. The number of nitrogens with one attached hydrogen (secondary N) is 3. The highest BCUT2D eigenvalue weighted by Gasteiger charge is 2.21. The number of rotatable bonds is 12. The number of carbonyl (C=O) groups is 3. The molecule has 0 aromatic heterocycles. The topological polar surface area (TPSA) is 106 Å². The van der Waals surface area contributed by atoms with Crippen molar-refractivity contribution in [3.8, 4) is 11.5 Å². The van der Waals surface area contributed by atoms with E-state index in [-0.39, 0.29) is 16.9 Å². The average molecular weight is 624 g/mol. The van der Waals surface area contributed by atoms with Crippen molar-refractivity contribution in [3.05, 3.63) is 119 Å². The molecule has 0 saturated heterocycles. The van der Waals surface area contributed by atoms with Gasteiger partial charge in [0.05, 0.1) is 19.5 Å². The molecule has 0 radical (unpaired) electrons. The van der Waals surface area contributed by atoms with E-state index in [0.717, 1.165) is 21.7 Å². The quantitative estimate of drug-likeness (QED) is 0.114. The maximum Gasteiger partial charge on any atom is 0.272 e. The number of amides is 3. The van der Waals surface area contributed by atoms with Gasteiger partial charge in [-0.15, -0.1) is 11.8 Å². The minimum Gasteiger partial charge on any atom is -0.493 e. The summed E-state index contributed by atoms with van der Waals surface area (Å²) in [5.74, 6) is -0.162. The smallest absolute Gasteiger partial charge is 0.272 e. The van der Waals surface area contributed by atoms with Crippen LogP contribution in [0.3, 0.4) is 0 Å². The molecule has 8 nitrogen and oxygen atoms in total. The normalized spacial score (nSPS) is 11.7. The zero-order valence-electron chi connectivity index (χ0n) is 26.0. The van der Waals surface area contributed by atoms with Crippen LogP contribution in [-0.4, -0.2) is 37.2 Å². The predicted molar refractivity (Wildman–Crippen MR) is 181 cm³/mol. The molecule has 3 N–H and O–H groups in total. The van der Waals surface area contributed by atoms with E-state index in [2.05, 4.69) is 16.0 Å². The summed E-state index contributed by atoms with van der Waals surface area (Å²) in [6.07, 6.45) is 2.15. The van der Waals surface area contributed by atoms with Crippen molar-refractivity contribution in [1.82, 2.24) is 5.32 Å². The van der Waals surface area contributed by atoms with Gasteiger partial charge in [-0.25, -0.2) is 0 Å². The molecule has 0 heterocycles. The molecule has 1 atom stereocenters. The van der Waals surface area contributed by atoms with Gasteiger partial charge >= 0.3 is 0 Å². The van der Waals surface area contributed by atoms with Crippen LogP contribution in [0.5, 0.6) is 11.5 Å². The summed E-state index contributed by atoms with van der Waals surface area (Å²) < 4.78 is 10.9. The Kier molecular flexibility index (Phi) is 11.4. The van der Waals surface area contributed by atoms with Crippen LogP contribution in [0, 0.1) is 13.8 Å². The third-order valence-corrected chi connectivity index (χ3v) is 8.38. The molecule has 0 bridgehead atoms. The SMILES string of the molecule is CCC(Sc1cccc(NC(=O)/C(=C\c2cccc(OC)c2OC)NC(=O)c2ccccc2)c1)C(=O)Nc1c(C)cccc1C. The second kappa shape index (κ2) is 15.6. The molecule has 4 aromatic rings. The summed E-state index contributed by atoms with van der Waals surface area (Å²) in [5, 5.41) is 8.38. The van der Waals surface area contributed by atoms with Crippen molar-refractivity contribution in [3.63, 3.8) is 0 Å². The summed E-state index contributed by atoms with van der Waals surface area (Å²) in [6.45, 7) is 5.91. The predicted octanol–water partition coefficient (Wildman–Crippen LogP) is 7.24. The first-order chi connectivity index (χ1) is 21.7. The minimum absolute atomic E-state index is 0.00729. The van der Waals surface area contributed by atoms with E-state index in [9.17, 15) is 14.4 Å². The fraction of sp³-hybridized carbons (Fsp3) is 0.194. The number of para-hydroxylation sites is 2. The van der Waals surface area contributed by atoms with Crippen molar-refractivity contribution in [2.75, 3.05) is 24.9 Å². The molecule has 4 rings (SSSR count). The Morgan fingerprint density at radius 2 is 1.51 bits per heavy atom. The van der Waals surface area contributed by atoms with Gasteiger partial charge in [0.2, 0.25) is 5.91 Å². The first-order valence-electron chi connectivity index (χ1n) is 14.5. The Morgan fingerprint density at radius 1 is 0.822 bits per heavy atom. The van der Waals surface area contributed by atoms with E-state index >= 15 is 0 Å². The summed E-state index contributed by atoms with van der Waals surface area (Å²) in [4.78, 5) is 40.8. The van der Waals surface area contributed by atoms with E-state index in [1.807, 2.05) is 57.2 Å². The highest BCUT2D eigenvalue weighted by molar-refractivity contribution is 8.00. The van der Waals surface area contributed by atoms with Gasteiger partial charge in [-0.1, -0.05) is 61.5 Å². The largest absolute Gasteiger partial charge is 0.493 e. The summed E-state index contributed by atoms with van der Waals surface area (Å²) in [5.41, 5.74) is 4.29. The molecule has 45 heavy (non-hydrogen) atoms. The lowest BCUT2D eigenvalue weighted by molar-refractivity contribution is -0.116. The number of aryl methyl sites for hydroxylation is 2. The van der Waals surface area contributed by atoms with Crippen LogP contribution in [0.4, 0.5) is 11.4 Å². The number of benzene rings is 4. The van der Waals surface area contributed by atoms with Gasteiger partial charge < -0.3 is 25.4 Å². The average Bonchev–Trinajstić information content (AvgIpc) is 3.05. The van der Waals surface area contributed by atoms with Crippen molar-refractivity contribution in [1.29, 1.82) is 0 Å². The Labute approximate surface area is 268 Å². The highest BCUT2D eigenvalue weighted by Crippen LogP contribution is 2.33. The fourth-order valence-corrected chi connectivity index (χ4v) is 5.68. The van der Waals surface area contributed by atoms with Crippen molar-refractivity contribution in [2.45, 2.75) is 37.3 Å². The number of hydrogen-bond acceptors (Lipinski definition) is 6. The van der Waals surface area contributed by atoms with E-state index in [0.29, 0.717) is 34.7 Å². The molecule has 232 valence electrons. The van der Waals surface area contributed by atoms with E-state index in [1.165, 1.54) is 26.0 Å². The first kappa shape index (κ1) is 32.9. The van der Waals surface area contributed by atoms with Gasteiger partial charge in [-0.3, -0.25) is 14.4 Å². The van der Waals surface area contributed by atoms with Crippen LogP contribution in [0.25, 0.3) is 6.08 Å². The maximum atomic E-state index is 13.7. The number of carbonyl (C=O) groups excluding carboxylic acids is 3. The van der Waals surface area contributed by atoms with Crippen LogP contribution >= 0.6 is 11.8 Å². The van der Waals surface area contributed by atoms with Crippen LogP contribution < -0.4 is 25.4 Å². The Hall–Kier alpha value is -5.02. The molecule has 0 saturated carbocycles. The number of hydrogen-bond donors (Lipinski definition) is 3. The molecule has 0 aliphatic rings. The Morgan fingerprint density at radius 3 is 2.18 bits per heavy atom.